The number of fused-ring (bicyclic) bond motifs is 1. The van der Waals surface area contributed by atoms with E-state index < -0.39 is 0 Å². The van der Waals surface area contributed by atoms with Crippen molar-refractivity contribution in [3.63, 3.8) is 0 Å². The Hall–Kier alpha value is -1.44. The van der Waals surface area contributed by atoms with Crippen LogP contribution in [0.15, 0.2) is 48.9 Å². The highest BCUT2D eigenvalue weighted by atomic mass is 15.1. The minimum atomic E-state index is 0.250. The lowest BCUT2D eigenvalue weighted by atomic mass is 9.92. The van der Waals surface area contributed by atoms with E-state index in [1.807, 2.05) is 0 Å². The van der Waals surface area contributed by atoms with E-state index in [1.165, 1.54) is 32.1 Å². The molecule has 2 aliphatic rings. The minimum absolute atomic E-state index is 0.250. The van der Waals surface area contributed by atoms with E-state index in [0.717, 1.165) is 11.3 Å². The summed E-state index contributed by atoms with van der Waals surface area (Å²) >= 11 is 0. The van der Waals surface area contributed by atoms with Crippen molar-refractivity contribution < 1.29 is 0 Å². The van der Waals surface area contributed by atoms with E-state index in [9.17, 15) is 0 Å². The highest BCUT2D eigenvalue weighted by Crippen LogP contribution is 2.54. The molecule has 3 atom stereocenters. The second-order valence-electron chi connectivity index (χ2n) is 6.02. The lowest BCUT2D eigenvalue weighted by Gasteiger charge is -2.23. The first-order valence-corrected chi connectivity index (χ1v) is 7.29. The maximum absolute atomic E-state index is 5.72. The van der Waals surface area contributed by atoms with E-state index in [1.54, 1.807) is 0 Å². The average molecular weight is 258 g/mol. The summed E-state index contributed by atoms with van der Waals surface area (Å²) in [5.74, 6) is 1.25. The van der Waals surface area contributed by atoms with Crippen molar-refractivity contribution in [2.75, 3.05) is 0 Å². The van der Waals surface area contributed by atoms with Crippen LogP contribution in [0.3, 0.4) is 0 Å². The Morgan fingerprint density at radius 1 is 1.63 bits per heavy atom. The van der Waals surface area contributed by atoms with Crippen molar-refractivity contribution >= 4 is 0 Å². The minimum Gasteiger partial charge on any atom is -0.399 e. The molecule has 0 saturated heterocycles. The van der Waals surface area contributed by atoms with Crippen molar-refractivity contribution in [1.29, 1.82) is 0 Å². The third-order valence-corrected chi connectivity index (χ3v) is 4.49. The van der Waals surface area contributed by atoms with Gasteiger partial charge in [0.05, 0.1) is 0 Å². The van der Waals surface area contributed by atoms with Crippen LogP contribution >= 0.6 is 0 Å². The molecule has 1 saturated carbocycles. The molecule has 0 aromatic heterocycles. The first kappa shape index (κ1) is 14.0. The molecule has 2 rings (SSSR count). The van der Waals surface area contributed by atoms with Crippen molar-refractivity contribution in [2.24, 2.45) is 17.6 Å². The van der Waals surface area contributed by atoms with Crippen LogP contribution < -0.4 is 11.1 Å². The molecular formula is C17H26N2. The molecule has 0 bridgehead atoms. The summed E-state index contributed by atoms with van der Waals surface area (Å²) in [7, 11) is 0. The second kappa shape index (κ2) is 5.28. The third kappa shape index (κ3) is 2.78. The fourth-order valence-corrected chi connectivity index (χ4v) is 3.08. The molecule has 0 aromatic carbocycles. The SMILES string of the molecule is C=CC(CCCC)CC12CC1C=C(C(=C)C(=C)N)N2. The molecule has 0 radical (unpaired) electrons. The number of hydrogen-bond acceptors (Lipinski definition) is 2. The van der Waals surface area contributed by atoms with Gasteiger partial charge in [0.1, 0.15) is 0 Å². The van der Waals surface area contributed by atoms with Gasteiger partial charge in [-0.15, -0.1) is 6.58 Å². The predicted molar refractivity (Wildman–Crippen MR) is 82.4 cm³/mol. The van der Waals surface area contributed by atoms with Crippen LogP contribution in [0, 0.1) is 11.8 Å². The molecule has 1 heterocycles. The van der Waals surface area contributed by atoms with E-state index in [4.69, 9.17) is 5.73 Å². The summed E-state index contributed by atoms with van der Waals surface area (Å²) in [5.41, 5.74) is 8.46. The average Bonchev–Trinajstić information content (AvgIpc) is 2.94. The van der Waals surface area contributed by atoms with Gasteiger partial charge in [-0.1, -0.05) is 45.1 Å². The van der Waals surface area contributed by atoms with Crippen LogP contribution in [0.5, 0.6) is 0 Å². The van der Waals surface area contributed by atoms with Gasteiger partial charge in [-0.05, 0) is 25.2 Å². The Labute approximate surface area is 117 Å². The number of allylic oxidation sites excluding steroid dienone is 1. The number of hydrogen-bond donors (Lipinski definition) is 2. The highest BCUT2D eigenvalue weighted by molar-refractivity contribution is 5.48. The predicted octanol–water partition coefficient (Wildman–Crippen LogP) is 3.64. The molecular weight excluding hydrogens is 232 g/mol. The Kier molecular flexibility index (Phi) is 3.88. The van der Waals surface area contributed by atoms with Crippen molar-refractivity contribution in [2.45, 2.75) is 44.6 Å². The van der Waals surface area contributed by atoms with Crippen LogP contribution in [-0.4, -0.2) is 5.54 Å². The molecule has 3 N–H and O–H groups in total. The molecule has 0 amide bonds. The fraction of sp³-hybridized carbons (Fsp3) is 0.529. The zero-order valence-corrected chi connectivity index (χ0v) is 12.0. The van der Waals surface area contributed by atoms with E-state index in [0.29, 0.717) is 17.5 Å². The summed E-state index contributed by atoms with van der Waals surface area (Å²) in [6.07, 6.45) is 10.6. The first-order valence-electron chi connectivity index (χ1n) is 7.29. The zero-order chi connectivity index (χ0) is 14.0. The molecule has 1 aliphatic carbocycles. The number of unbranched alkanes of at least 4 members (excludes halogenated alkanes) is 1. The van der Waals surface area contributed by atoms with Gasteiger partial charge in [-0.3, -0.25) is 0 Å². The Bertz CT molecular complexity index is 433. The molecule has 1 aliphatic heterocycles. The van der Waals surface area contributed by atoms with E-state index >= 15 is 0 Å². The van der Waals surface area contributed by atoms with Gasteiger partial charge in [0.25, 0.3) is 0 Å². The summed E-state index contributed by atoms with van der Waals surface area (Å²) in [5, 5.41) is 3.64. The quantitative estimate of drug-likeness (QED) is 0.515. The van der Waals surface area contributed by atoms with Gasteiger partial charge in [0.2, 0.25) is 0 Å². The largest absolute Gasteiger partial charge is 0.399 e. The first-order chi connectivity index (χ1) is 9.02. The van der Waals surface area contributed by atoms with Crippen LogP contribution in [0.2, 0.25) is 0 Å². The lowest BCUT2D eigenvalue weighted by molar-refractivity contribution is 0.412. The standard InChI is InChI=1S/C17H26N2/c1-5-7-8-14(6-2)10-17-11-15(17)9-16(19-17)12(3)13(4)18/h6,9,14-15,19H,2-5,7-8,10-11,18H2,1H3. The van der Waals surface area contributed by atoms with Crippen molar-refractivity contribution in [3.05, 3.63) is 48.9 Å². The van der Waals surface area contributed by atoms with Crippen LogP contribution in [0.1, 0.15) is 39.0 Å². The molecule has 0 spiro atoms. The van der Waals surface area contributed by atoms with Crippen molar-refractivity contribution in [3.8, 4) is 0 Å². The fourth-order valence-electron chi connectivity index (χ4n) is 3.08. The number of rotatable bonds is 8. The molecule has 3 unspecified atom stereocenters. The van der Waals surface area contributed by atoms with E-state index in [-0.39, 0.29) is 5.54 Å². The summed E-state index contributed by atoms with van der Waals surface area (Å²) in [6.45, 7) is 14.0. The summed E-state index contributed by atoms with van der Waals surface area (Å²) in [6, 6.07) is 0. The Balaban J connectivity index is 1.93. The molecule has 2 nitrogen and oxygen atoms in total. The molecule has 104 valence electrons. The van der Waals surface area contributed by atoms with Gasteiger partial charge >= 0.3 is 0 Å². The van der Waals surface area contributed by atoms with Crippen LogP contribution in [0.4, 0.5) is 0 Å². The second-order valence-corrected chi connectivity index (χ2v) is 6.02. The molecule has 1 fully saturated rings. The van der Waals surface area contributed by atoms with Gasteiger partial charge < -0.3 is 11.1 Å². The topological polar surface area (TPSA) is 38.0 Å². The highest BCUT2D eigenvalue weighted by Gasteiger charge is 2.57. The normalized spacial score (nSPS) is 28.9. The van der Waals surface area contributed by atoms with Gasteiger partial charge in [0.15, 0.2) is 0 Å². The molecule has 19 heavy (non-hydrogen) atoms. The Morgan fingerprint density at radius 3 is 2.95 bits per heavy atom. The summed E-state index contributed by atoms with van der Waals surface area (Å²) < 4.78 is 0. The zero-order valence-electron chi connectivity index (χ0n) is 12.0. The number of nitrogens with two attached hydrogens (primary N) is 1. The van der Waals surface area contributed by atoms with Gasteiger partial charge in [-0.2, -0.15) is 0 Å². The van der Waals surface area contributed by atoms with Gasteiger partial charge in [-0.25, -0.2) is 0 Å². The third-order valence-electron chi connectivity index (χ3n) is 4.49. The number of nitrogens with one attached hydrogen (secondary N) is 1. The Morgan fingerprint density at radius 2 is 2.37 bits per heavy atom. The maximum Gasteiger partial charge on any atom is 0.0450 e. The lowest BCUT2D eigenvalue weighted by Crippen LogP contribution is -2.31. The molecule has 2 heteroatoms. The molecule has 0 aromatic rings. The maximum atomic E-state index is 5.72. The monoisotopic (exact) mass is 258 g/mol. The van der Waals surface area contributed by atoms with E-state index in [2.05, 4.69) is 44.1 Å². The van der Waals surface area contributed by atoms with Crippen LogP contribution in [-0.2, 0) is 0 Å². The summed E-state index contributed by atoms with van der Waals surface area (Å²) in [4.78, 5) is 0. The van der Waals surface area contributed by atoms with Crippen molar-refractivity contribution in [1.82, 2.24) is 5.32 Å². The smallest absolute Gasteiger partial charge is 0.0450 e. The van der Waals surface area contributed by atoms with Gasteiger partial charge in [0, 0.05) is 28.4 Å². The van der Waals surface area contributed by atoms with Crippen LogP contribution in [0.25, 0.3) is 0 Å².